The third-order valence-electron chi connectivity index (χ3n) is 2.54. The van der Waals surface area contributed by atoms with Gasteiger partial charge in [0.15, 0.2) is 0 Å². The Morgan fingerprint density at radius 1 is 1.30 bits per heavy atom. The van der Waals surface area contributed by atoms with Crippen molar-refractivity contribution in [2.24, 2.45) is 0 Å². The lowest BCUT2D eigenvalue weighted by Crippen LogP contribution is -2.02. The van der Waals surface area contributed by atoms with Crippen LogP contribution in [0.3, 0.4) is 0 Å². The molecule has 0 radical (unpaired) electrons. The summed E-state index contributed by atoms with van der Waals surface area (Å²) in [6.07, 6.45) is 1.78. The van der Waals surface area contributed by atoms with E-state index in [9.17, 15) is 0 Å². The van der Waals surface area contributed by atoms with Crippen LogP contribution in [0.4, 0.5) is 5.95 Å². The highest BCUT2D eigenvalue weighted by molar-refractivity contribution is 9.10. The van der Waals surface area contributed by atoms with Gasteiger partial charge in [0.25, 0.3) is 0 Å². The number of hydrogen-bond acceptors (Lipinski definition) is 6. The minimum atomic E-state index is 0.664. The number of fused-ring (bicyclic) bond motifs is 1. The number of hydrogen-bond donors (Lipinski definition) is 1. The molecule has 102 valence electrons. The van der Waals surface area contributed by atoms with Gasteiger partial charge in [-0.2, -0.15) is 0 Å². The van der Waals surface area contributed by atoms with Crippen LogP contribution in [-0.4, -0.2) is 21.5 Å². The van der Waals surface area contributed by atoms with E-state index < -0.39 is 0 Å². The monoisotopic (exact) mass is 366 g/mol. The quantitative estimate of drug-likeness (QED) is 0.692. The molecule has 0 aromatic carbocycles. The highest BCUT2D eigenvalue weighted by atomic mass is 79.9. The Labute approximate surface area is 133 Å². The van der Waals surface area contributed by atoms with Gasteiger partial charge >= 0.3 is 0 Å². The number of nitrogens with zero attached hydrogens (tertiary/aromatic N) is 3. The molecule has 3 heterocycles. The second-order valence-electron chi connectivity index (χ2n) is 3.91. The lowest BCUT2D eigenvalue weighted by Gasteiger charge is -2.06. The van der Waals surface area contributed by atoms with Crippen molar-refractivity contribution in [3.63, 3.8) is 0 Å². The normalized spacial score (nSPS) is 10.9. The molecule has 1 N–H and O–H groups in total. The maximum absolute atomic E-state index is 4.59. The minimum Gasteiger partial charge on any atom is -0.354 e. The van der Waals surface area contributed by atoms with E-state index in [4.69, 9.17) is 0 Å². The molecule has 0 spiro atoms. The second kappa shape index (κ2) is 6.07. The van der Waals surface area contributed by atoms with Crippen LogP contribution >= 0.6 is 39.0 Å². The molecule has 0 bridgehead atoms. The standard InChI is InChI=1S/C13H11BrN4S2/c1-2-15-13-17-10-8(5-7-19-10)11(18-13)20-12-9(14)4-3-6-16-12/h3-7H,2H2,1H3,(H,15,17,18). The molecule has 3 aromatic heterocycles. The van der Waals surface area contributed by atoms with Crippen molar-refractivity contribution < 1.29 is 0 Å². The van der Waals surface area contributed by atoms with E-state index in [0.717, 1.165) is 31.3 Å². The summed E-state index contributed by atoms with van der Waals surface area (Å²) in [7, 11) is 0. The summed E-state index contributed by atoms with van der Waals surface area (Å²) < 4.78 is 0.969. The van der Waals surface area contributed by atoms with Gasteiger partial charge in [0, 0.05) is 18.1 Å². The predicted octanol–water partition coefficient (Wildman–Crippen LogP) is 4.43. The van der Waals surface area contributed by atoms with Crippen molar-refractivity contribution in [2.75, 3.05) is 11.9 Å². The molecule has 7 heteroatoms. The Morgan fingerprint density at radius 3 is 3.00 bits per heavy atom. The van der Waals surface area contributed by atoms with Crippen LogP contribution in [0.25, 0.3) is 10.2 Å². The van der Waals surface area contributed by atoms with E-state index in [-0.39, 0.29) is 0 Å². The Morgan fingerprint density at radius 2 is 2.20 bits per heavy atom. The number of aromatic nitrogens is 3. The third-order valence-corrected chi connectivity index (χ3v) is 5.28. The summed E-state index contributed by atoms with van der Waals surface area (Å²) in [5.41, 5.74) is 0. The van der Waals surface area contributed by atoms with Gasteiger partial charge < -0.3 is 5.32 Å². The molecule has 0 amide bonds. The summed E-state index contributed by atoms with van der Waals surface area (Å²) >= 11 is 6.68. The Bertz CT molecular complexity index is 744. The highest BCUT2D eigenvalue weighted by Crippen LogP contribution is 2.36. The molecular formula is C13H11BrN4S2. The molecule has 0 aliphatic carbocycles. The maximum atomic E-state index is 4.59. The van der Waals surface area contributed by atoms with E-state index in [0.29, 0.717) is 5.95 Å². The van der Waals surface area contributed by atoms with Crippen molar-refractivity contribution >= 4 is 55.2 Å². The van der Waals surface area contributed by atoms with Gasteiger partial charge in [0.2, 0.25) is 5.95 Å². The molecular weight excluding hydrogens is 356 g/mol. The van der Waals surface area contributed by atoms with Crippen LogP contribution in [-0.2, 0) is 0 Å². The largest absolute Gasteiger partial charge is 0.354 e. The minimum absolute atomic E-state index is 0.664. The number of pyridine rings is 1. The SMILES string of the molecule is CCNc1nc(Sc2ncccc2Br)c2ccsc2n1. The predicted molar refractivity (Wildman–Crippen MR) is 87.6 cm³/mol. The van der Waals surface area contributed by atoms with Gasteiger partial charge in [-0.3, -0.25) is 0 Å². The van der Waals surface area contributed by atoms with Gasteiger partial charge in [-0.05, 0) is 58.2 Å². The van der Waals surface area contributed by atoms with Crippen LogP contribution in [0.5, 0.6) is 0 Å². The first kappa shape index (κ1) is 13.8. The lowest BCUT2D eigenvalue weighted by molar-refractivity contribution is 1.04. The van der Waals surface area contributed by atoms with Crippen molar-refractivity contribution in [1.29, 1.82) is 0 Å². The second-order valence-corrected chi connectivity index (χ2v) is 6.64. The summed E-state index contributed by atoms with van der Waals surface area (Å²) in [6.45, 7) is 2.83. The molecule has 0 unspecified atom stereocenters. The number of nitrogens with one attached hydrogen (secondary N) is 1. The summed E-state index contributed by atoms with van der Waals surface area (Å²) in [5.74, 6) is 0.664. The van der Waals surface area contributed by atoms with E-state index >= 15 is 0 Å². The zero-order chi connectivity index (χ0) is 13.9. The fourth-order valence-corrected chi connectivity index (χ4v) is 3.88. The number of halogens is 1. The number of rotatable bonds is 4. The average molecular weight is 367 g/mol. The van der Waals surface area contributed by atoms with Crippen LogP contribution in [0.15, 0.2) is 44.3 Å². The number of anilines is 1. The van der Waals surface area contributed by atoms with E-state index in [1.54, 1.807) is 29.3 Å². The topological polar surface area (TPSA) is 50.7 Å². The van der Waals surface area contributed by atoms with Gasteiger partial charge in [-0.1, -0.05) is 0 Å². The van der Waals surface area contributed by atoms with Crippen LogP contribution in [0.2, 0.25) is 0 Å². The average Bonchev–Trinajstić information content (AvgIpc) is 2.90. The highest BCUT2D eigenvalue weighted by Gasteiger charge is 2.12. The van der Waals surface area contributed by atoms with Gasteiger partial charge in [0.05, 0.1) is 4.47 Å². The maximum Gasteiger partial charge on any atom is 0.225 e. The van der Waals surface area contributed by atoms with Gasteiger partial charge in [0.1, 0.15) is 14.9 Å². The fourth-order valence-electron chi connectivity index (χ4n) is 1.68. The van der Waals surface area contributed by atoms with Crippen LogP contribution < -0.4 is 5.32 Å². The van der Waals surface area contributed by atoms with Crippen molar-refractivity contribution in [3.8, 4) is 0 Å². The van der Waals surface area contributed by atoms with E-state index in [1.165, 1.54) is 0 Å². The molecule has 20 heavy (non-hydrogen) atoms. The van der Waals surface area contributed by atoms with E-state index in [1.807, 2.05) is 24.4 Å². The number of thiophene rings is 1. The first-order valence-electron chi connectivity index (χ1n) is 6.05. The smallest absolute Gasteiger partial charge is 0.225 e. The Kier molecular flexibility index (Phi) is 4.18. The van der Waals surface area contributed by atoms with E-state index in [2.05, 4.69) is 42.3 Å². The first-order chi connectivity index (χ1) is 9.78. The zero-order valence-corrected chi connectivity index (χ0v) is 13.8. The van der Waals surface area contributed by atoms with Crippen molar-refractivity contribution in [1.82, 2.24) is 15.0 Å². The third kappa shape index (κ3) is 2.79. The molecule has 0 aliphatic heterocycles. The Balaban J connectivity index is 2.05. The zero-order valence-electron chi connectivity index (χ0n) is 10.6. The fraction of sp³-hybridized carbons (Fsp3) is 0.154. The molecule has 0 saturated carbocycles. The van der Waals surface area contributed by atoms with Crippen LogP contribution in [0, 0.1) is 0 Å². The molecule has 0 atom stereocenters. The summed E-state index contributed by atoms with van der Waals surface area (Å²) in [6, 6.07) is 5.93. The van der Waals surface area contributed by atoms with Gasteiger partial charge in [-0.25, -0.2) is 15.0 Å². The molecule has 3 rings (SSSR count). The first-order valence-corrected chi connectivity index (χ1v) is 8.54. The van der Waals surface area contributed by atoms with Crippen molar-refractivity contribution in [2.45, 2.75) is 17.0 Å². The molecule has 0 saturated heterocycles. The molecule has 3 aromatic rings. The molecule has 4 nitrogen and oxygen atoms in total. The molecule has 0 aliphatic rings. The molecule has 0 fully saturated rings. The van der Waals surface area contributed by atoms with Gasteiger partial charge in [-0.15, -0.1) is 11.3 Å². The lowest BCUT2D eigenvalue weighted by atomic mass is 10.4. The van der Waals surface area contributed by atoms with Crippen LogP contribution in [0.1, 0.15) is 6.92 Å². The summed E-state index contributed by atoms with van der Waals surface area (Å²) in [5, 5.41) is 8.10. The Hall–Kier alpha value is -1.18. The summed E-state index contributed by atoms with van der Waals surface area (Å²) in [4.78, 5) is 14.5. The van der Waals surface area contributed by atoms with Crippen molar-refractivity contribution in [3.05, 3.63) is 34.2 Å².